The Morgan fingerprint density at radius 1 is 1.23 bits per heavy atom. The zero-order valence-electron chi connectivity index (χ0n) is 7.76. The van der Waals surface area contributed by atoms with Gasteiger partial charge in [0.25, 0.3) is 0 Å². The van der Waals surface area contributed by atoms with Crippen LogP contribution in [0.2, 0.25) is 0 Å². The third-order valence-electron chi connectivity index (χ3n) is 1.65. The fraction of sp³-hybridized carbons (Fsp3) is 0.625. The van der Waals surface area contributed by atoms with E-state index < -0.39 is 11.8 Å². The van der Waals surface area contributed by atoms with E-state index in [9.17, 15) is 9.59 Å². The Balaban J connectivity index is 2.37. The molecule has 72 valence electrons. The molecule has 13 heavy (non-hydrogen) atoms. The minimum atomic E-state index is -0.636. The van der Waals surface area contributed by atoms with Crippen LogP contribution in [0.3, 0.4) is 0 Å². The number of guanidine groups is 1. The largest absolute Gasteiger partial charge is 0.316 e. The number of nitrogens with one attached hydrogen (secondary N) is 2. The van der Waals surface area contributed by atoms with Crippen LogP contribution in [0.15, 0.2) is 4.99 Å². The number of hydrogen-bond donors (Lipinski definition) is 2. The molecule has 2 amide bonds. The van der Waals surface area contributed by atoms with Crippen LogP contribution in [-0.2, 0) is 9.59 Å². The van der Waals surface area contributed by atoms with E-state index in [1.807, 2.05) is 0 Å². The van der Waals surface area contributed by atoms with Crippen molar-refractivity contribution in [3.63, 3.8) is 0 Å². The van der Waals surface area contributed by atoms with Crippen molar-refractivity contribution < 1.29 is 9.59 Å². The lowest BCUT2D eigenvalue weighted by molar-refractivity contribution is -0.135. The molecule has 0 radical (unpaired) electrons. The van der Waals surface area contributed by atoms with Gasteiger partial charge in [0.05, 0.1) is 0 Å². The third kappa shape index (κ3) is 2.85. The Morgan fingerprint density at radius 2 is 1.77 bits per heavy atom. The van der Waals surface area contributed by atoms with Gasteiger partial charge >= 0.3 is 11.8 Å². The number of carbonyl (C=O) groups excluding carboxylic acids is 2. The summed E-state index contributed by atoms with van der Waals surface area (Å²) in [6, 6.07) is 0. The second kappa shape index (κ2) is 4.02. The molecule has 1 fully saturated rings. The van der Waals surface area contributed by atoms with Crippen LogP contribution >= 0.6 is 0 Å². The third-order valence-corrected chi connectivity index (χ3v) is 1.65. The van der Waals surface area contributed by atoms with Crippen molar-refractivity contribution in [3.05, 3.63) is 0 Å². The summed E-state index contributed by atoms with van der Waals surface area (Å²) in [6.07, 6.45) is 0.940. The van der Waals surface area contributed by atoms with E-state index >= 15 is 0 Å². The van der Waals surface area contributed by atoms with Crippen LogP contribution < -0.4 is 10.6 Å². The molecule has 0 unspecified atom stereocenters. The van der Waals surface area contributed by atoms with E-state index in [1.165, 1.54) is 0 Å². The molecule has 5 nitrogen and oxygen atoms in total. The molecule has 0 saturated carbocycles. The highest BCUT2D eigenvalue weighted by Crippen LogP contribution is 1.98. The number of hydrogen-bond acceptors (Lipinski definition) is 3. The van der Waals surface area contributed by atoms with Gasteiger partial charge in [-0.3, -0.25) is 25.2 Å². The molecule has 1 aliphatic rings. The summed E-state index contributed by atoms with van der Waals surface area (Å²) in [6.45, 7) is 4.80. The average Bonchev–Trinajstić information content (AvgIpc) is 2.30. The van der Waals surface area contributed by atoms with Crippen molar-refractivity contribution in [3.8, 4) is 0 Å². The molecule has 1 heterocycles. The van der Waals surface area contributed by atoms with Gasteiger partial charge in [-0.15, -0.1) is 0 Å². The summed E-state index contributed by atoms with van der Waals surface area (Å²) in [5.41, 5.74) is 0. The maximum Gasteiger partial charge on any atom is 0.316 e. The Morgan fingerprint density at radius 3 is 2.23 bits per heavy atom. The molecule has 0 aromatic carbocycles. The molecule has 0 atom stereocenters. The SMILES string of the molecule is CC(C)CCN=C1NC(=O)C(=O)N1. The van der Waals surface area contributed by atoms with Crippen LogP contribution in [0.5, 0.6) is 0 Å². The zero-order valence-corrected chi connectivity index (χ0v) is 7.76. The van der Waals surface area contributed by atoms with E-state index in [0.717, 1.165) is 6.42 Å². The lowest BCUT2D eigenvalue weighted by atomic mass is 10.1. The summed E-state index contributed by atoms with van der Waals surface area (Å²) in [5.74, 6) is -0.431. The van der Waals surface area contributed by atoms with Crippen molar-refractivity contribution in [2.75, 3.05) is 6.54 Å². The van der Waals surface area contributed by atoms with Gasteiger partial charge in [0, 0.05) is 6.54 Å². The van der Waals surface area contributed by atoms with E-state index in [2.05, 4.69) is 29.5 Å². The van der Waals surface area contributed by atoms with Gasteiger partial charge in [-0.2, -0.15) is 0 Å². The van der Waals surface area contributed by atoms with E-state index in [1.54, 1.807) is 0 Å². The summed E-state index contributed by atoms with van der Waals surface area (Å²) in [5, 5.41) is 4.66. The Kier molecular flexibility index (Phi) is 3.00. The highest BCUT2D eigenvalue weighted by atomic mass is 16.2. The van der Waals surface area contributed by atoms with Gasteiger partial charge in [0.15, 0.2) is 0 Å². The predicted octanol–water partition coefficient (Wildman–Crippen LogP) is -0.366. The number of nitrogens with zero attached hydrogens (tertiary/aromatic N) is 1. The molecule has 0 aromatic heterocycles. The van der Waals surface area contributed by atoms with Crippen molar-refractivity contribution in [2.24, 2.45) is 10.9 Å². The Bertz CT molecular complexity index is 240. The smallest absolute Gasteiger partial charge is 0.288 e. The van der Waals surface area contributed by atoms with Crippen LogP contribution in [-0.4, -0.2) is 24.3 Å². The molecule has 0 aliphatic carbocycles. The number of rotatable bonds is 3. The first-order chi connectivity index (χ1) is 6.09. The maximum atomic E-state index is 10.7. The Hall–Kier alpha value is -1.39. The van der Waals surface area contributed by atoms with Gasteiger partial charge in [0.1, 0.15) is 0 Å². The average molecular weight is 183 g/mol. The van der Waals surface area contributed by atoms with Gasteiger partial charge < -0.3 is 0 Å². The van der Waals surface area contributed by atoms with Crippen molar-refractivity contribution in [1.29, 1.82) is 0 Å². The molecule has 5 heteroatoms. The first kappa shape index (κ1) is 9.70. The molecular formula is C8H13N3O2. The highest BCUT2D eigenvalue weighted by molar-refractivity contribution is 6.45. The highest BCUT2D eigenvalue weighted by Gasteiger charge is 2.24. The maximum absolute atomic E-state index is 10.7. The molecule has 0 spiro atoms. The number of amides is 2. The van der Waals surface area contributed by atoms with Crippen molar-refractivity contribution in [2.45, 2.75) is 20.3 Å². The second-order valence-corrected chi connectivity index (χ2v) is 3.32. The first-order valence-corrected chi connectivity index (χ1v) is 4.26. The summed E-state index contributed by atoms with van der Waals surface area (Å²) in [7, 11) is 0. The van der Waals surface area contributed by atoms with Crippen molar-refractivity contribution >= 4 is 17.8 Å². The van der Waals surface area contributed by atoms with Crippen LogP contribution in [0.4, 0.5) is 0 Å². The lowest BCUT2D eigenvalue weighted by Gasteiger charge is -2.00. The van der Waals surface area contributed by atoms with Crippen LogP contribution in [0.25, 0.3) is 0 Å². The molecule has 0 bridgehead atoms. The Labute approximate surface area is 76.6 Å². The molecule has 1 aliphatic heterocycles. The molecule has 0 aromatic rings. The molecular weight excluding hydrogens is 170 g/mol. The predicted molar refractivity (Wildman–Crippen MR) is 48.0 cm³/mol. The van der Waals surface area contributed by atoms with E-state index in [0.29, 0.717) is 12.5 Å². The van der Waals surface area contributed by atoms with Gasteiger partial charge in [-0.1, -0.05) is 13.8 Å². The van der Waals surface area contributed by atoms with Gasteiger partial charge in [0.2, 0.25) is 5.96 Å². The fourth-order valence-corrected chi connectivity index (χ4v) is 0.873. The van der Waals surface area contributed by atoms with Crippen LogP contribution in [0, 0.1) is 5.92 Å². The summed E-state index contributed by atoms with van der Waals surface area (Å²) in [4.78, 5) is 25.4. The normalized spacial score (nSPS) is 16.1. The van der Waals surface area contributed by atoms with Crippen LogP contribution in [0.1, 0.15) is 20.3 Å². The minimum absolute atomic E-state index is 0.274. The van der Waals surface area contributed by atoms with Crippen molar-refractivity contribution in [1.82, 2.24) is 10.6 Å². The standard InChI is InChI=1S/C8H13N3O2/c1-5(2)3-4-9-8-10-6(12)7(13)11-8/h5H,3-4H2,1-2H3,(H2,9,10,11,12,13). The topological polar surface area (TPSA) is 70.6 Å². The molecule has 2 N–H and O–H groups in total. The van der Waals surface area contributed by atoms with E-state index in [4.69, 9.17) is 0 Å². The minimum Gasteiger partial charge on any atom is -0.288 e. The second-order valence-electron chi connectivity index (χ2n) is 3.32. The van der Waals surface area contributed by atoms with E-state index in [-0.39, 0.29) is 5.96 Å². The number of aliphatic imine (C=N–C) groups is 1. The first-order valence-electron chi connectivity index (χ1n) is 4.26. The lowest BCUT2D eigenvalue weighted by Crippen LogP contribution is -2.25. The fourth-order valence-electron chi connectivity index (χ4n) is 0.873. The number of carbonyl (C=O) groups is 2. The molecule has 1 rings (SSSR count). The summed E-state index contributed by atoms with van der Waals surface area (Å²) < 4.78 is 0. The summed E-state index contributed by atoms with van der Waals surface area (Å²) >= 11 is 0. The quantitative estimate of drug-likeness (QED) is 0.586. The van der Waals surface area contributed by atoms with Gasteiger partial charge in [-0.25, -0.2) is 0 Å². The zero-order chi connectivity index (χ0) is 9.84. The van der Waals surface area contributed by atoms with Gasteiger partial charge in [-0.05, 0) is 12.3 Å². The monoisotopic (exact) mass is 183 g/mol. The molecule has 1 saturated heterocycles.